The lowest BCUT2D eigenvalue weighted by Gasteiger charge is -2.37. The lowest BCUT2D eigenvalue weighted by atomic mass is 9.65. The van der Waals surface area contributed by atoms with Gasteiger partial charge >= 0.3 is 11.9 Å². The van der Waals surface area contributed by atoms with Crippen molar-refractivity contribution in [3.8, 4) is 22.6 Å². The lowest BCUT2D eigenvalue weighted by Crippen LogP contribution is -2.31. The summed E-state index contributed by atoms with van der Waals surface area (Å²) in [6, 6.07) is 25.8. The van der Waals surface area contributed by atoms with Crippen LogP contribution in [0.2, 0.25) is 0 Å². The van der Waals surface area contributed by atoms with Crippen LogP contribution in [-0.4, -0.2) is 37.4 Å². The smallest absolute Gasteiger partial charge is 0.333 e. The lowest BCUT2D eigenvalue weighted by molar-refractivity contribution is -0.145. The van der Waals surface area contributed by atoms with Crippen LogP contribution in [0.4, 0.5) is 0 Å². The van der Waals surface area contributed by atoms with Gasteiger partial charge in [0.05, 0.1) is 5.41 Å². The summed E-state index contributed by atoms with van der Waals surface area (Å²) in [6.07, 6.45) is -0.936. The first-order valence-corrected chi connectivity index (χ1v) is 16.7. The molecule has 0 heterocycles. The van der Waals surface area contributed by atoms with E-state index in [0.29, 0.717) is 11.1 Å². The van der Waals surface area contributed by atoms with E-state index in [4.69, 9.17) is 18.9 Å². The van der Waals surface area contributed by atoms with E-state index in [1.54, 1.807) is 13.8 Å². The van der Waals surface area contributed by atoms with Gasteiger partial charge in [-0.05, 0) is 111 Å². The van der Waals surface area contributed by atoms with Gasteiger partial charge in [0, 0.05) is 11.1 Å². The predicted molar refractivity (Wildman–Crippen MR) is 194 cm³/mol. The highest BCUT2D eigenvalue weighted by atomic mass is 16.6. The molecule has 1 aliphatic rings. The minimum Gasteiger partial charge on any atom is -0.489 e. The molecule has 0 aliphatic heterocycles. The summed E-state index contributed by atoms with van der Waals surface area (Å²) in [4.78, 5) is 24.4. The van der Waals surface area contributed by atoms with E-state index in [1.807, 2.05) is 27.7 Å². The van der Waals surface area contributed by atoms with Gasteiger partial charge < -0.3 is 18.9 Å². The Morgan fingerprint density at radius 3 is 1.33 bits per heavy atom. The van der Waals surface area contributed by atoms with Crippen molar-refractivity contribution in [1.82, 2.24) is 0 Å². The van der Waals surface area contributed by atoms with Gasteiger partial charge in [0.2, 0.25) is 0 Å². The molecule has 5 rings (SSSR count). The number of aryl methyl sites for hydroxylation is 2. The van der Waals surface area contributed by atoms with Crippen LogP contribution in [0.15, 0.2) is 97.1 Å². The first kappa shape index (κ1) is 35.2. The molecule has 254 valence electrons. The molecule has 0 spiro atoms. The predicted octanol–water partition coefficient (Wildman–Crippen LogP) is 9.06. The first-order chi connectivity index (χ1) is 23.3. The van der Waals surface area contributed by atoms with Crippen molar-refractivity contribution in [3.05, 3.63) is 142 Å². The normalized spacial score (nSPS) is 13.8. The number of benzene rings is 4. The summed E-state index contributed by atoms with van der Waals surface area (Å²) < 4.78 is 24.0. The zero-order chi connectivity index (χ0) is 35.6. The van der Waals surface area contributed by atoms with Crippen molar-refractivity contribution in [1.29, 1.82) is 0 Å². The van der Waals surface area contributed by atoms with Crippen molar-refractivity contribution in [3.63, 3.8) is 0 Å². The van der Waals surface area contributed by atoms with Crippen LogP contribution in [0.3, 0.4) is 0 Å². The molecule has 0 N–H and O–H groups in total. The van der Waals surface area contributed by atoms with Crippen LogP contribution in [0, 0.1) is 27.7 Å². The summed E-state index contributed by atoms with van der Waals surface area (Å²) >= 11 is 0. The Kier molecular flexibility index (Phi) is 10.2. The van der Waals surface area contributed by atoms with E-state index in [0.717, 1.165) is 44.9 Å². The third kappa shape index (κ3) is 6.52. The number of ether oxygens (including phenoxy) is 4. The van der Waals surface area contributed by atoms with Crippen molar-refractivity contribution in [2.24, 2.45) is 0 Å². The van der Waals surface area contributed by atoms with Gasteiger partial charge in [-0.1, -0.05) is 86.0 Å². The van der Waals surface area contributed by atoms with Gasteiger partial charge in [-0.15, -0.1) is 0 Å². The van der Waals surface area contributed by atoms with Crippen LogP contribution in [0.25, 0.3) is 11.1 Å². The molecular formula is C43H46O6. The fourth-order valence-electron chi connectivity index (χ4n) is 6.91. The van der Waals surface area contributed by atoms with Crippen molar-refractivity contribution in [2.45, 2.75) is 73.0 Å². The molecule has 2 atom stereocenters. The van der Waals surface area contributed by atoms with Gasteiger partial charge in [-0.2, -0.15) is 0 Å². The van der Waals surface area contributed by atoms with Gasteiger partial charge in [0.25, 0.3) is 0 Å². The second-order valence-corrected chi connectivity index (χ2v) is 13.2. The maximum absolute atomic E-state index is 12.2. The zero-order valence-corrected chi connectivity index (χ0v) is 29.9. The number of esters is 2. The molecule has 0 saturated heterocycles. The second-order valence-electron chi connectivity index (χ2n) is 13.2. The van der Waals surface area contributed by atoms with Gasteiger partial charge in [0.15, 0.2) is 0 Å². The van der Waals surface area contributed by atoms with E-state index >= 15 is 0 Å². The van der Waals surface area contributed by atoms with Crippen LogP contribution in [0.5, 0.6) is 11.5 Å². The monoisotopic (exact) mass is 658 g/mol. The zero-order valence-electron chi connectivity index (χ0n) is 29.9. The summed E-state index contributed by atoms with van der Waals surface area (Å²) in [5.74, 6) is 0.637. The summed E-state index contributed by atoms with van der Waals surface area (Å²) in [7, 11) is 0. The summed E-state index contributed by atoms with van der Waals surface area (Å²) in [6.45, 7) is 22.9. The van der Waals surface area contributed by atoms with Crippen LogP contribution < -0.4 is 9.47 Å². The van der Waals surface area contributed by atoms with Crippen molar-refractivity contribution >= 4 is 11.9 Å². The number of hydrogen-bond donors (Lipinski definition) is 0. The van der Waals surface area contributed by atoms with Crippen LogP contribution in [-0.2, 0) is 24.5 Å². The minimum atomic E-state index is -0.713. The molecule has 1 aliphatic carbocycles. The van der Waals surface area contributed by atoms with Crippen molar-refractivity contribution < 1.29 is 28.5 Å². The Labute approximate surface area is 290 Å². The fraction of sp³-hybridized carbons (Fsp3) is 0.302. The highest BCUT2D eigenvalue weighted by Crippen LogP contribution is 2.58. The Bertz CT molecular complexity index is 1810. The number of carbonyl (C=O) groups excluding carboxylic acids is 2. The fourth-order valence-corrected chi connectivity index (χ4v) is 6.91. The van der Waals surface area contributed by atoms with Crippen molar-refractivity contribution in [2.75, 3.05) is 13.2 Å². The highest BCUT2D eigenvalue weighted by molar-refractivity contribution is 5.88. The second kappa shape index (κ2) is 14.2. The number of hydrogen-bond acceptors (Lipinski definition) is 6. The largest absolute Gasteiger partial charge is 0.489 e. The molecule has 0 amide bonds. The summed E-state index contributed by atoms with van der Waals surface area (Å²) in [5, 5.41) is 0. The molecular weight excluding hydrogens is 612 g/mol. The minimum absolute atomic E-state index is 0.194. The van der Waals surface area contributed by atoms with E-state index in [2.05, 4.69) is 99.8 Å². The van der Waals surface area contributed by atoms with Crippen LogP contribution >= 0.6 is 0 Å². The molecule has 49 heavy (non-hydrogen) atoms. The average molecular weight is 659 g/mol. The number of fused-ring (bicyclic) bond motifs is 3. The quantitative estimate of drug-likeness (QED) is 0.0984. The molecule has 4 aromatic carbocycles. The van der Waals surface area contributed by atoms with E-state index in [-0.39, 0.29) is 13.2 Å². The van der Waals surface area contributed by atoms with Gasteiger partial charge in [-0.3, -0.25) is 0 Å². The van der Waals surface area contributed by atoms with E-state index in [9.17, 15) is 9.59 Å². The third-order valence-electron chi connectivity index (χ3n) is 9.20. The maximum Gasteiger partial charge on any atom is 0.333 e. The van der Waals surface area contributed by atoms with E-state index < -0.39 is 29.6 Å². The van der Waals surface area contributed by atoms with Gasteiger partial charge in [0.1, 0.15) is 36.9 Å². The molecule has 6 nitrogen and oxygen atoms in total. The standard InChI is InChI=1S/C43H46O6/c1-25(2)41(44)48-29(7)23-46-39-27(5)19-21-35(31(39)9)43(37-17-13-11-15-33(37)34-16-12-14-18-38(34)43)36-22-20-28(6)40(32(36)10)47-24-30(8)49-42(45)26(3)4/h11-22,29-30H,1,3,23-24H2,2,4-10H3. The Morgan fingerprint density at radius 2 is 0.959 bits per heavy atom. The molecule has 6 heteroatoms. The molecule has 2 unspecified atom stereocenters. The van der Waals surface area contributed by atoms with Crippen LogP contribution in [0.1, 0.15) is 72.2 Å². The molecule has 4 aromatic rings. The Balaban J connectivity index is 1.69. The summed E-state index contributed by atoms with van der Waals surface area (Å²) in [5.41, 5.74) is 10.8. The van der Waals surface area contributed by atoms with Gasteiger partial charge in [-0.25, -0.2) is 9.59 Å². The molecule has 0 radical (unpaired) electrons. The first-order valence-electron chi connectivity index (χ1n) is 16.7. The topological polar surface area (TPSA) is 71.1 Å². The Hall–Kier alpha value is -5.10. The molecule has 0 aromatic heterocycles. The molecule has 0 saturated carbocycles. The number of rotatable bonds is 12. The third-order valence-corrected chi connectivity index (χ3v) is 9.20. The SMILES string of the molecule is C=C(C)C(=O)OC(C)COc1c(C)ccc(C2(c3ccc(C)c(OCC(C)OC(=O)C(=C)C)c3C)c3ccccc3-c3ccccc32)c1C. The maximum atomic E-state index is 12.2. The van der Waals surface area contributed by atoms with E-state index in [1.165, 1.54) is 22.3 Å². The molecule has 0 fully saturated rings. The highest BCUT2D eigenvalue weighted by Gasteiger charge is 2.48. The Morgan fingerprint density at radius 1 is 0.592 bits per heavy atom. The average Bonchev–Trinajstić information content (AvgIpc) is 3.35. The molecule has 0 bridgehead atoms. The number of carbonyl (C=O) groups is 2.